The van der Waals surface area contributed by atoms with Crippen molar-refractivity contribution in [1.29, 1.82) is 0 Å². The molecular formula is C25H30N4O3. The van der Waals surface area contributed by atoms with Gasteiger partial charge in [-0.25, -0.2) is 0 Å². The van der Waals surface area contributed by atoms with Gasteiger partial charge in [0.1, 0.15) is 11.4 Å². The summed E-state index contributed by atoms with van der Waals surface area (Å²) in [5.74, 6) is -0.243. The van der Waals surface area contributed by atoms with E-state index in [0.29, 0.717) is 12.4 Å². The SMILES string of the molecule is Cc1ccc(CNC(=O)CN(C(=O)[C@@]2(C)CC(=O)N=C3C=CC=CN32)C2CCCC2)cc1. The quantitative estimate of drug-likeness (QED) is 0.746. The van der Waals surface area contributed by atoms with Gasteiger partial charge in [0, 0.05) is 18.8 Å². The number of nitrogens with one attached hydrogen (secondary N) is 1. The lowest BCUT2D eigenvalue weighted by molar-refractivity contribution is -0.148. The Kier molecular flexibility index (Phi) is 6.26. The summed E-state index contributed by atoms with van der Waals surface area (Å²) < 4.78 is 0. The summed E-state index contributed by atoms with van der Waals surface area (Å²) in [6.45, 7) is 4.20. The van der Waals surface area contributed by atoms with Crippen molar-refractivity contribution in [1.82, 2.24) is 15.1 Å². The number of amides is 3. The van der Waals surface area contributed by atoms with Crippen LogP contribution in [0.2, 0.25) is 0 Å². The van der Waals surface area contributed by atoms with Crippen molar-refractivity contribution in [3.05, 3.63) is 59.8 Å². The number of hydrogen-bond acceptors (Lipinski definition) is 4. The Morgan fingerprint density at radius 1 is 1.19 bits per heavy atom. The van der Waals surface area contributed by atoms with Gasteiger partial charge >= 0.3 is 0 Å². The fourth-order valence-electron chi connectivity index (χ4n) is 4.68. The predicted molar refractivity (Wildman–Crippen MR) is 123 cm³/mol. The Hall–Kier alpha value is -3.22. The highest BCUT2D eigenvalue weighted by Crippen LogP contribution is 2.33. The molecule has 1 aromatic rings. The molecule has 0 saturated heterocycles. The number of fused-ring (bicyclic) bond motifs is 1. The molecule has 1 atom stereocenters. The van der Waals surface area contributed by atoms with Gasteiger partial charge in [-0.1, -0.05) is 48.7 Å². The van der Waals surface area contributed by atoms with E-state index in [9.17, 15) is 14.4 Å². The number of benzene rings is 1. The molecule has 2 aliphatic heterocycles. The van der Waals surface area contributed by atoms with Gasteiger partial charge in [-0.05, 0) is 44.4 Å². The van der Waals surface area contributed by atoms with Gasteiger partial charge in [0.2, 0.25) is 11.8 Å². The molecule has 168 valence electrons. The van der Waals surface area contributed by atoms with E-state index < -0.39 is 5.54 Å². The van der Waals surface area contributed by atoms with Crippen molar-refractivity contribution >= 4 is 23.6 Å². The molecule has 0 bridgehead atoms. The molecule has 1 aromatic carbocycles. The third-order valence-electron chi connectivity index (χ3n) is 6.52. The number of rotatable bonds is 6. The van der Waals surface area contributed by atoms with Gasteiger partial charge in [0.25, 0.3) is 5.91 Å². The smallest absolute Gasteiger partial charge is 0.250 e. The summed E-state index contributed by atoms with van der Waals surface area (Å²) in [6.07, 6.45) is 10.9. The van der Waals surface area contributed by atoms with Crippen LogP contribution in [-0.2, 0) is 20.9 Å². The molecule has 3 aliphatic rings. The van der Waals surface area contributed by atoms with Gasteiger partial charge in [-0.3, -0.25) is 14.4 Å². The number of carbonyl (C=O) groups is 3. The molecule has 2 heterocycles. The van der Waals surface area contributed by atoms with Crippen LogP contribution in [0.5, 0.6) is 0 Å². The zero-order valence-corrected chi connectivity index (χ0v) is 18.7. The van der Waals surface area contributed by atoms with E-state index in [0.717, 1.165) is 36.8 Å². The van der Waals surface area contributed by atoms with Gasteiger partial charge < -0.3 is 15.1 Å². The summed E-state index contributed by atoms with van der Waals surface area (Å²) in [5.41, 5.74) is 1.08. The molecule has 4 rings (SSSR count). The molecule has 0 spiro atoms. The Balaban J connectivity index is 1.51. The fourth-order valence-corrected chi connectivity index (χ4v) is 4.68. The molecule has 1 saturated carbocycles. The molecule has 32 heavy (non-hydrogen) atoms. The molecule has 1 aliphatic carbocycles. The Morgan fingerprint density at radius 2 is 1.91 bits per heavy atom. The lowest BCUT2D eigenvalue weighted by Crippen LogP contribution is -2.63. The van der Waals surface area contributed by atoms with Crippen LogP contribution in [0.25, 0.3) is 0 Å². The van der Waals surface area contributed by atoms with E-state index >= 15 is 0 Å². The van der Waals surface area contributed by atoms with Crippen molar-refractivity contribution in [3.63, 3.8) is 0 Å². The van der Waals surface area contributed by atoms with Crippen LogP contribution in [-0.4, -0.2) is 51.5 Å². The van der Waals surface area contributed by atoms with Gasteiger partial charge in [0.05, 0.1) is 13.0 Å². The van der Waals surface area contributed by atoms with E-state index in [-0.39, 0.29) is 36.7 Å². The van der Waals surface area contributed by atoms with Crippen LogP contribution in [0.4, 0.5) is 0 Å². The maximum absolute atomic E-state index is 13.9. The standard InChI is InChI=1S/C25H30N4O3/c1-18-10-12-19(13-11-18)16-26-23(31)17-28(20-7-3-4-8-20)24(32)25(2)15-22(30)27-21-9-5-6-14-29(21)25/h5-6,9-14,20H,3-4,7-8,15-17H2,1-2H3,(H,26,31)/t25-/m1/s1. The second-order valence-electron chi connectivity index (χ2n) is 9.02. The molecular weight excluding hydrogens is 404 g/mol. The minimum Gasteiger partial charge on any atom is -0.350 e. The molecule has 7 nitrogen and oxygen atoms in total. The Labute approximate surface area is 188 Å². The second kappa shape index (κ2) is 9.10. The maximum Gasteiger partial charge on any atom is 0.250 e. The topological polar surface area (TPSA) is 82.1 Å². The summed E-state index contributed by atoms with van der Waals surface area (Å²) in [4.78, 5) is 46.7. The van der Waals surface area contributed by atoms with E-state index in [4.69, 9.17) is 0 Å². The van der Waals surface area contributed by atoms with Crippen molar-refractivity contribution in [2.24, 2.45) is 4.99 Å². The van der Waals surface area contributed by atoms with Gasteiger partial charge in [-0.15, -0.1) is 0 Å². The maximum atomic E-state index is 13.9. The van der Waals surface area contributed by atoms with E-state index in [1.165, 1.54) is 0 Å². The first-order chi connectivity index (χ1) is 15.4. The van der Waals surface area contributed by atoms with Crippen LogP contribution in [0.3, 0.4) is 0 Å². The molecule has 0 aromatic heterocycles. The van der Waals surface area contributed by atoms with Crippen LogP contribution in [0.15, 0.2) is 53.7 Å². The highest BCUT2D eigenvalue weighted by atomic mass is 16.2. The number of aryl methyl sites for hydroxylation is 1. The van der Waals surface area contributed by atoms with E-state index in [2.05, 4.69) is 10.3 Å². The number of nitrogens with zero attached hydrogens (tertiary/aromatic N) is 3. The largest absolute Gasteiger partial charge is 0.350 e. The monoisotopic (exact) mass is 434 g/mol. The first-order valence-electron chi connectivity index (χ1n) is 11.3. The number of amidine groups is 1. The minimum absolute atomic E-state index is 0.00572. The first-order valence-corrected chi connectivity index (χ1v) is 11.3. The minimum atomic E-state index is -1.10. The summed E-state index contributed by atoms with van der Waals surface area (Å²) in [7, 11) is 0. The normalized spacial score (nSPS) is 22.5. The summed E-state index contributed by atoms with van der Waals surface area (Å²) in [5, 5.41) is 2.95. The summed E-state index contributed by atoms with van der Waals surface area (Å²) in [6, 6.07) is 8.00. The molecule has 1 N–H and O–H groups in total. The highest BCUT2D eigenvalue weighted by molar-refractivity contribution is 6.09. The Morgan fingerprint density at radius 3 is 2.62 bits per heavy atom. The van der Waals surface area contributed by atoms with Crippen molar-refractivity contribution in [2.75, 3.05) is 6.54 Å². The van der Waals surface area contributed by atoms with Crippen molar-refractivity contribution in [2.45, 2.75) is 64.1 Å². The average Bonchev–Trinajstić information content (AvgIpc) is 3.31. The predicted octanol–water partition coefficient (Wildman–Crippen LogP) is 2.86. The number of carbonyl (C=O) groups excluding carboxylic acids is 3. The second-order valence-corrected chi connectivity index (χ2v) is 9.02. The lowest BCUT2D eigenvalue weighted by atomic mass is 9.89. The number of allylic oxidation sites excluding steroid dienone is 2. The van der Waals surface area contributed by atoms with Gasteiger partial charge in [-0.2, -0.15) is 4.99 Å². The van der Waals surface area contributed by atoms with Crippen LogP contribution in [0.1, 0.15) is 50.2 Å². The molecule has 0 unspecified atom stereocenters. The van der Waals surface area contributed by atoms with Crippen molar-refractivity contribution in [3.8, 4) is 0 Å². The zero-order valence-electron chi connectivity index (χ0n) is 18.7. The van der Waals surface area contributed by atoms with Crippen LogP contribution >= 0.6 is 0 Å². The van der Waals surface area contributed by atoms with E-state index in [1.807, 2.05) is 37.3 Å². The zero-order chi connectivity index (χ0) is 22.7. The third-order valence-corrected chi connectivity index (χ3v) is 6.52. The van der Waals surface area contributed by atoms with E-state index in [1.54, 1.807) is 35.1 Å². The van der Waals surface area contributed by atoms with Crippen molar-refractivity contribution < 1.29 is 14.4 Å². The molecule has 3 amide bonds. The highest BCUT2D eigenvalue weighted by Gasteiger charge is 2.48. The van der Waals surface area contributed by atoms with Crippen LogP contribution < -0.4 is 5.32 Å². The Bertz CT molecular complexity index is 989. The fraction of sp³-hybridized carbons (Fsp3) is 0.440. The molecule has 7 heteroatoms. The lowest BCUT2D eigenvalue weighted by Gasteiger charge is -2.45. The number of hydrogen-bond donors (Lipinski definition) is 1. The van der Waals surface area contributed by atoms with Gasteiger partial charge in [0.15, 0.2) is 0 Å². The molecule has 1 fully saturated rings. The number of aliphatic imine (C=N–C) groups is 1. The molecule has 0 radical (unpaired) electrons. The summed E-state index contributed by atoms with van der Waals surface area (Å²) >= 11 is 0. The third kappa shape index (κ3) is 4.52. The van der Waals surface area contributed by atoms with Crippen LogP contribution in [0, 0.1) is 6.92 Å². The first kappa shape index (κ1) is 22.0. The average molecular weight is 435 g/mol.